The lowest BCUT2D eigenvalue weighted by atomic mass is 9.85. The van der Waals surface area contributed by atoms with Gasteiger partial charge in [-0.1, -0.05) is 53.0 Å². The van der Waals surface area contributed by atoms with Gasteiger partial charge < -0.3 is 14.7 Å². The highest BCUT2D eigenvalue weighted by Crippen LogP contribution is 2.49. The van der Waals surface area contributed by atoms with Crippen LogP contribution in [0.3, 0.4) is 0 Å². The van der Waals surface area contributed by atoms with E-state index >= 15 is 0 Å². The number of carbonyl (C=O) groups is 1. The molecular weight excluding hydrogens is 468 g/mol. The molecular formula is C22H19Cl4NO3. The monoisotopic (exact) mass is 485 g/mol. The fourth-order valence-electron chi connectivity index (χ4n) is 4.54. The van der Waals surface area contributed by atoms with Gasteiger partial charge in [0.2, 0.25) is 0 Å². The predicted octanol–water partition coefficient (Wildman–Crippen LogP) is 6.77. The maximum atomic E-state index is 12.0. The van der Waals surface area contributed by atoms with Crippen LogP contribution in [0.1, 0.15) is 45.5 Å². The molecule has 0 fully saturated rings. The SMILES string of the molecule is C=C(c1cc2c3c(c1OC)CCCN3CCC2)c1c(Cl)c(Cl)c(Cl)c(Cl)c1C(=O)O. The van der Waals surface area contributed by atoms with Gasteiger partial charge in [0.25, 0.3) is 0 Å². The molecule has 8 heteroatoms. The van der Waals surface area contributed by atoms with Crippen molar-refractivity contribution in [2.24, 2.45) is 0 Å². The zero-order valence-corrected chi connectivity index (χ0v) is 19.3. The number of benzene rings is 2. The Balaban J connectivity index is 2.00. The Hall–Kier alpha value is -1.59. The third-order valence-corrected chi connectivity index (χ3v) is 7.59. The number of aryl methyl sites for hydroxylation is 1. The second-order valence-electron chi connectivity index (χ2n) is 7.43. The van der Waals surface area contributed by atoms with Crippen molar-refractivity contribution in [2.45, 2.75) is 25.7 Å². The summed E-state index contributed by atoms with van der Waals surface area (Å²) in [5, 5.41) is 9.55. The number of hydrogen-bond acceptors (Lipinski definition) is 3. The molecule has 0 amide bonds. The molecule has 2 aliphatic rings. The number of hydrogen-bond donors (Lipinski definition) is 1. The van der Waals surface area contributed by atoms with Crippen molar-refractivity contribution in [3.8, 4) is 5.75 Å². The molecule has 0 spiro atoms. The van der Waals surface area contributed by atoms with E-state index in [4.69, 9.17) is 51.1 Å². The van der Waals surface area contributed by atoms with E-state index in [1.54, 1.807) is 7.11 Å². The molecule has 0 unspecified atom stereocenters. The normalized spacial score (nSPS) is 15.0. The molecule has 4 nitrogen and oxygen atoms in total. The van der Waals surface area contributed by atoms with Crippen LogP contribution in [0.4, 0.5) is 5.69 Å². The van der Waals surface area contributed by atoms with Gasteiger partial charge in [-0.3, -0.25) is 0 Å². The van der Waals surface area contributed by atoms with Crippen molar-refractivity contribution in [3.63, 3.8) is 0 Å². The van der Waals surface area contributed by atoms with Gasteiger partial charge in [0, 0.05) is 35.5 Å². The van der Waals surface area contributed by atoms with Crippen LogP contribution >= 0.6 is 46.4 Å². The van der Waals surface area contributed by atoms with Gasteiger partial charge in [-0.15, -0.1) is 0 Å². The highest BCUT2D eigenvalue weighted by atomic mass is 35.5. The molecule has 30 heavy (non-hydrogen) atoms. The smallest absolute Gasteiger partial charge is 0.337 e. The fraction of sp³-hybridized carbons (Fsp3) is 0.318. The first-order chi connectivity index (χ1) is 14.3. The minimum Gasteiger partial charge on any atom is -0.496 e. The van der Waals surface area contributed by atoms with Crippen molar-refractivity contribution < 1.29 is 14.6 Å². The van der Waals surface area contributed by atoms with E-state index in [-0.39, 0.29) is 31.2 Å². The molecule has 158 valence electrons. The van der Waals surface area contributed by atoms with E-state index in [9.17, 15) is 9.90 Å². The Bertz CT molecular complexity index is 1100. The van der Waals surface area contributed by atoms with Crippen LogP contribution in [-0.4, -0.2) is 31.3 Å². The van der Waals surface area contributed by atoms with Gasteiger partial charge in [0.15, 0.2) is 0 Å². The molecule has 2 heterocycles. The lowest BCUT2D eigenvalue weighted by molar-refractivity contribution is 0.0697. The Labute approximate surface area is 194 Å². The van der Waals surface area contributed by atoms with Crippen molar-refractivity contribution in [2.75, 3.05) is 25.1 Å². The van der Waals surface area contributed by atoms with Gasteiger partial charge in [0.05, 0.1) is 32.8 Å². The zero-order valence-electron chi connectivity index (χ0n) is 16.2. The van der Waals surface area contributed by atoms with E-state index in [2.05, 4.69) is 11.5 Å². The maximum absolute atomic E-state index is 12.0. The topological polar surface area (TPSA) is 49.8 Å². The molecule has 1 N–H and O–H groups in total. The molecule has 0 saturated heterocycles. The average molecular weight is 487 g/mol. The molecule has 2 aliphatic heterocycles. The van der Waals surface area contributed by atoms with Crippen molar-refractivity contribution in [1.82, 2.24) is 0 Å². The summed E-state index contributed by atoms with van der Waals surface area (Å²) >= 11 is 25.1. The number of carboxylic acid groups (broad SMARTS) is 1. The van der Waals surface area contributed by atoms with Crippen LogP contribution in [0, 0.1) is 0 Å². The quantitative estimate of drug-likeness (QED) is 0.382. The van der Waals surface area contributed by atoms with E-state index in [0.717, 1.165) is 44.3 Å². The minimum absolute atomic E-state index is 0.00325. The molecule has 0 atom stereocenters. The number of rotatable bonds is 4. The predicted molar refractivity (Wildman–Crippen MR) is 123 cm³/mol. The van der Waals surface area contributed by atoms with Gasteiger partial charge in [0.1, 0.15) is 5.75 Å². The number of ether oxygens (including phenoxy) is 1. The number of carboxylic acids is 1. The Morgan fingerprint density at radius 3 is 2.23 bits per heavy atom. The second kappa shape index (κ2) is 8.16. The number of methoxy groups -OCH3 is 1. The summed E-state index contributed by atoms with van der Waals surface area (Å²) in [4.78, 5) is 14.4. The Morgan fingerprint density at radius 2 is 1.63 bits per heavy atom. The highest BCUT2D eigenvalue weighted by Gasteiger charge is 2.32. The van der Waals surface area contributed by atoms with Crippen LogP contribution in [0.5, 0.6) is 5.75 Å². The standard InChI is InChI=1S/C22H19Cl4NO3/c1-10(14-15(22(28)29)17(24)19(26)18(25)16(14)23)13-9-11-5-3-7-27-8-4-6-12(20(11)27)21(13)30-2/h9H,1,3-8H2,2H3,(H,28,29). The molecule has 0 bridgehead atoms. The third kappa shape index (κ3) is 3.25. The average Bonchev–Trinajstić information content (AvgIpc) is 2.74. The van der Waals surface area contributed by atoms with E-state index in [1.165, 1.54) is 11.3 Å². The third-order valence-electron chi connectivity index (χ3n) is 5.78. The Kier molecular flexibility index (Phi) is 5.88. The summed E-state index contributed by atoms with van der Waals surface area (Å²) in [6.07, 6.45) is 3.90. The first-order valence-electron chi connectivity index (χ1n) is 9.54. The van der Waals surface area contributed by atoms with E-state index < -0.39 is 5.97 Å². The first-order valence-corrected chi connectivity index (χ1v) is 11.1. The maximum Gasteiger partial charge on any atom is 0.337 e. The summed E-state index contributed by atoms with van der Waals surface area (Å²) in [6.45, 7) is 6.24. The van der Waals surface area contributed by atoms with Crippen LogP contribution in [0.15, 0.2) is 12.6 Å². The van der Waals surface area contributed by atoms with Gasteiger partial charge >= 0.3 is 5.97 Å². The summed E-state index contributed by atoms with van der Waals surface area (Å²) in [7, 11) is 1.61. The molecule has 4 rings (SSSR count). The number of aromatic carboxylic acids is 1. The highest BCUT2D eigenvalue weighted by molar-refractivity contribution is 6.53. The van der Waals surface area contributed by atoms with Gasteiger partial charge in [-0.2, -0.15) is 0 Å². The number of nitrogens with zero attached hydrogens (tertiary/aromatic N) is 1. The largest absolute Gasteiger partial charge is 0.496 e. The summed E-state index contributed by atoms with van der Waals surface area (Å²) in [6, 6.07) is 2.02. The van der Waals surface area contributed by atoms with Gasteiger partial charge in [-0.25, -0.2) is 4.79 Å². The van der Waals surface area contributed by atoms with Crippen LogP contribution in [0.2, 0.25) is 20.1 Å². The molecule has 0 radical (unpaired) electrons. The number of halogens is 4. The minimum atomic E-state index is -1.26. The van der Waals surface area contributed by atoms with Crippen LogP contribution in [0.25, 0.3) is 5.57 Å². The van der Waals surface area contributed by atoms with Crippen molar-refractivity contribution in [3.05, 3.63) is 60.6 Å². The second-order valence-corrected chi connectivity index (χ2v) is 8.94. The van der Waals surface area contributed by atoms with Crippen molar-refractivity contribution >= 4 is 63.6 Å². The lowest BCUT2D eigenvalue weighted by Gasteiger charge is -2.38. The molecule has 2 aromatic carbocycles. The summed E-state index contributed by atoms with van der Waals surface area (Å²) in [5.74, 6) is -0.582. The van der Waals surface area contributed by atoms with E-state index in [0.29, 0.717) is 16.9 Å². The van der Waals surface area contributed by atoms with E-state index in [1.807, 2.05) is 6.07 Å². The fourth-order valence-corrected chi connectivity index (χ4v) is 5.59. The van der Waals surface area contributed by atoms with Crippen LogP contribution < -0.4 is 9.64 Å². The van der Waals surface area contributed by atoms with Gasteiger partial charge in [-0.05, 0) is 42.9 Å². The molecule has 0 aromatic heterocycles. The lowest BCUT2D eigenvalue weighted by Crippen LogP contribution is -2.34. The zero-order chi connectivity index (χ0) is 21.7. The van der Waals surface area contributed by atoms with Crippen LogP contribution in [-0.2, 0) is 12.8 Å². The Morgan fingerprint density at radius 1 is 1.03 bits per heavy atom. The van der Waals surface area contributed by atoms with Crippen molar-refractivity contribution in [1.29, 1.82) is 0 Å². The first kappa shape index (κ1) is 21.6. The molecule has 0 aliphatic carbocycles. The molecule has 2 aromatic rings. The number of anilines is 1. The summed E-state index contributed by atoms with van der Waals surface area (Å²) in [5.41, 5.74) is 4.56. The summed E-state index contributed by atoms with van der Waals surface area (Å²) < 4.78 is 5.81. The molecule has 0 saturated carbocycles.